The molecule has 116 valence electrons. The molecule has 6 heteroatoms. The summed E-state index contributed by atoms with van der Waals surface area (Å²) in [6.07, 6.45) is -0.141. The molecule has 0 bridgehead atoms. The molecule has 1 fully saturated rings. The summed E-state index contributed by atoms with van der Waals surface area (Å²) in [6, 6.07) is 5.40. The average molecular weight is 332 g/mol. The Hall–Kier alpha value is -0.810. The summed E-state index contributed by atoms with van der Waals surface area (Å²) in [5.74, 6) is -0.0166. The highest BCUT2D eigenvalue weighted by atomic mass is 35.5. The third-order valence-electron chi connectivity index (χ3n) is 3.27. The summed E-state index contributed by atoms with van der Waals surface area (Å²) in [7, 11) is 0. The van der Waals surface area contributed by atoms with Crippen LogP contribution in [0.1, 0.15) is 25.5 Å². The van der Waals surface area contributed by atoms with E-state index in [-0.39, 0.29) is 24.7 Å². The van der Waals surface area contributed by atoms with Crippen molar-refractivity contribution in [3.63, 3.8) is 0 Å². The Morgan fingerprint density at radius 1 is 1.43 bits per heavy atom. The van der Waals surface area contributed by atoms with Gasteiger partial charge >= 0.3 is 0 Å². The highest BCUT2D eigenvalue weighted by molar-refractivity contribution is 6.42. The van der Waals surface area contributed by atoms with Crippen LogP contribution in [-0.2, 0) is 14.3 Å². The molecule has 1 aromatic rings. The molecular weight excluding hydrogens is 313 g/mol. The standard InChI is InChI=1S/C15H19Cl2NO3/c1-10(2)21-9-15(19)18-5-6-20-14(8-18)11-3-4-12(16)13(17)7-11/h3-4,7,10,14H,5-6,8-9H2,1-2H3/t14-/m1/s1. The van der Waals surface area contributed by atoms with E-state index >= 15 is 0 Å². The molecule has 4 nitrogen and oxygen atoms in total. The highest BCUT2D eigenvalue weighted by Gasteiger charge is 2.25. The molecule has 1 aliphatic rings. The molecule has 0 saturated carbocycles. The quantitative estimate of drug-likeness (QED) is 0.849. The van der Waals surface area contributed by atoms with Gasteiger partial charge in [-0.3, -0.25) is 4.79 Å². The predicted molar refractivity (Wildman–Crippen MR) is 82.8 cm³/mol. The summed E-state index contributed by atoms with van der Waals surface area (Å²) < 4.78 is 11.1. The van der Waals surface area contributed by atoms with Crippen molar-refractivity contribution in [2.45, 2.75) is 26.1 Å². The summed E-state index contributed by atoms with van der Waals surface area (Å²) in [6.45, 7) is 5.50. The number of hydrogen-bond acceptors (Lipinski definition) is 3. The van der Waals surface area contributed by atoms with Crippen molar-refractivity contribution < 1.29 is 14.3 Å². The van der Waals surface area contributed by atoms with Crippen LogP contribution < -0.4 is 0 Å². The third kappa shape index (κ3) is 4.58. The van der Waals surface area contributed by atoms with Gasteiger partial charge in [-0.05, 0) is 31.5 Å². The number of amides is 1. The molecule has 0 radical (unpaired) electrons. The number of morpholine rings is 1. The molecule has 1 atom stereocenters. The Balaban J connectivity index is 1.99. The van der Waals surface area contributed by atoms with E-state index in [1.165, 1.54) is 0 Å². The van der Waals surface area contributed by atoms with E-state index in [2.05, 4.69) is 0 Å². The van der Waals surface area contributed by atoms with Crippen molar-refractivity contribution in [3.05, 3.63) is 33.8 Å². The second-order valence-electron chi connectivity index (χ2n) is 5.23. The van der Waals surface area contributed by atoms with Crippen LogP contribution in [0.4, 0.5) is 0 Å². The first-order valence-electron chi connectivity index (χ1n) is 6.93. The van der Waals surface area contributed by atoms with Gasteiger partial charge in [-0.25, -0.2) is 0 Å². The fraction of sp³-hybridized carbons (Fsp3) is 0.533. The molecule has 1 heterocycles. The Bertz CT molecular complexity index is 508. The molecule has 0 unspecified atom stereocenters. The minimum atomic E-state index is -0.184. The van der Waals surface area contributed by atoms with E-state index in [1.54, 1.807) is 17.0 Å². The molecule has 0 N–H and O–H groups in total. The van der Waals surface area contributed by atoms with Gasteiger partial charge in [0.05, 0.1) is 29.3 Å². The van der Waals surface area contributed by atoms with Gasteiger partial charge in [0, 0.05) is 6.54 Å². The molecule has 21 heavy (non-hydrogen) atoms. The third-order valence-corrected chi connectivity index (χ3v) is 4.01. The number of carbonyl (C=O) groups is 1. The van der Waals surface area contributed by atoms with Crippen molar-refractivity contribution in [2.24, 2.45) is 0 Å². The molecule has 0 aromatic heterocycles. The van der Waals surface area contributed by atoms with Gasteiger partial charge in [-0.2, -0.15) is 0 Å². The monoisotopic (exact) mass is 331 g/mol. The fourth-order valence-corrected chi connectivity index (χ4v) is 2.43. The van der Waals surface area contributed by atoms with E-state index < -0.39 is 0 Å². The average Bonchev–Trinajstić information content (AvgIpc) is 2.47. The minimum absolute atomic E-state index is 0.0166. The van der Waals surface area contributed by atoms with Crippen molar-refractivity contribution in [1.29, 1.82) is 0 Å². The molecule has 1 amide bonds. The van der Waals surface area contributed by atoms with Gasteiger partial charge in [-0.1, -0.05) is 29.3 Å². The molecule has 0 aliphatic carbocycles. The first kappa shape index (κ1) is 16.6. The van der Waals surface area contributed by atoms with Crippen molar-refractivity contribution in [1.82, 2.24) is 4.90 Å². The van der Waals surface area contributed by atoms with Crippen LogP contribution >= 0.6 is 23.2 Å². The van der Waals surface area contributed by atoms with E-state index in [0.717, 1.165) is 5.56 Å². The van der Waals surface area contributed by atoms with Crippen LogP contribution in [0, 0.1) is 0 Å². The first-order valence-corrected chi connectivity index (χ1v) is 7.69. The van der Waals surface area contributed by atoms with E-state index in [4.69, 9.17) is 32.7 Å². The number of carbonyl (C=O) groups excluding carboxylic acids is 1. The number of rotatable bonds is 4. The molecule has 0 spiro atoms. The summed E-state index contributed by atoms with van der Waals surface area (Å²) in [4.78, 5) is 13.9. The maximum atomic E-state index is 12.1. The largest absolute Gasteiger partial charge is 0.370 e. The second-order valence-corrected chi connectivity index (χ2v) is 6.05. The fourth-order valence-electron chi connectivity index (χ4n) is 2.12. The van der Waals surface area contributed by atoms with Crippen molar-refractivity contribution in [3.8, 4) is 0 Å². The maximum Gasteiger partial charge on any atom is 0.248 e. The SMILES string of the molecule is CC(C)OCC(=O)N1CCO[C@@H](c2ccc(Cl)c(Cl)c2)C1. The lowest BCUT2D eigenvalue weighted by atomic mass is 10.1. The van der Waals surface area contributed by atoms with Gasteiger partial charge in [0.2, 0.25) is 5.91 Å². The molecule has 2 rings (SSSR count). The van der Waals surface area contributed by atoms with Crippen LogP contribution in [0.5, 0.6) is 0 Å². The Labute approximate surface area is 134 Å². The van der Waals surface area contributed by atoms with Gasteiger partial charge in [-0.15, -0.1) is 0 Å². The molecule has 1 saturated heterocycles. The van der Waals surface area contributed by atoms with Gasteiger partial charge in [0.25, 0.3) is 0 Å². The minimum Gasteiger partial charge on any atom is -0.370 e. The smallest absolute Gasteiger partial charge is 0.248 e. The number of benzene rings is 1. The van der Waals surface area contributed by atoms with Gasteiger partial charge in [0.15, 0.2) is 0 Å². The van der Waals surface area contributed by atoms with Crippen LogP contribution in [0.3, 0.4) is 0 Å². The van der Waals surface area contributed by atoms with Crippen LogP contribution in [0.2, 0.25) is 10.0 Å². The summed E-state index contributed by atoms with van der Waals surface area (Å²) in [5, 5.41) is 0.999. The van der Waals surface area contributed by atoms with E-state index in [0.29, 0.717) is 29.7 Å². The number of hydrogen-bond donors (Lipinski definition) is 0. The topological polar surface area (TPSA) is 38.8 Å². The van der Waals surface area contributed by atoms with E-state index in [9.17, 15) is 4.79 Å². The molecule has 1 aliphatic heterocycles. The van der Waals surface area contributed by atoms with Gasteiger partial charge in [0.1, 0.15) is 12.7 Å². The zero-order valence-corrected chi connectivity index (χ0v) is 13.7. The molecular formula is C15H19Cl2NO3. The Morgan fingerprint density at radius 3 is 2.86 bits per heavy atom. The Kier molecular flexibility index (Phi) is 5.88. The van der Waals surface area contributed by atoms with E-state index in [1.807, 2.05) is 19.9 Å². The Morgan fingerprint density at radius 2 is 2.19 bits per heavy atom. The lowest BCUT2D eigenvalue weighted by Gasteiger charge is -2.33. The maximum absolute atomic E-state index is 12.1. The lowest BCUT2D eigenvalue weighted by Crippen LogP contribution is -2.44. The number of nitrogens with zero attached hydrogens (tertiary/aromatic N) is 1. The number of halogens is 2. The lowest BCUT2D eigenvalue weighted by molar-refractivity contribution is -0.145. The molecule has 1 aromatic carbocycles. The van der Waals surface area contributed by atoms with Crippen molar-refractivity contribution in [2.75, 3.05) is 26.3 Å². The van der Waals surface area contributed by atoms with Crippen LogP contribution in [0.15, 0.2) is 18.2 Å². The predicted octanol–water partition coefficient (Wildman–Crippen LogP) is 3.32. The zero-order chi connectivity index (χ0) is 15.4. The van der Waals surface area contributed by atoms with Crippen LogP contribution in [-0.4, -0.2) is 43.2 Å². The van der Waals surface area contributed by atoms with Gasteiger partial charge < -0.3 is 14.4 Å². The first-order chi connectivity index (χ1) is 9.97. The summed E-state index contributed by atoms with van der Waals surface area (Å²) >= 11 is 11.9. The van der Waals surface area contributed by atoms with Crippen molar-refractivity contribution >= 4 is 29.1 Å². The zero-order valence-electron chi connectivity index (χ0n) is 12.1. The number of ether oxygens (including phenoxy) is 2. The normalized spacial score (nSPS) is 19.1. The summed E-state index contributed by atoms with van der Waals surface area (Å²) in [5.41, 5.74) is 0.923. The second kappa shape index (κ2) is 7.45. The highest BCUT2D eigenvalue weighted by Crippen LogP contribution is 2.29. The van der Waals surface area contributed by atoms with Crippen LogP contribution in [0.25, 0.3) is 0 Å².